The second-order valence-electron chi connectivity index (χ2n) is 9.06. The Morgan fingerprint density at radius 3 is 2.84 bits per heavy atom. The Morgan fingerprint density at radius 2 is 2.08 bits per heavy atom. The summed E-state index contributed by atoms with van der Waals surface area (Å²) in [5, 5.41) is 2.61. The SMILES string of the molecule is C=CC(=O)N1CC[C@H](Oc2ccc3ncnc(Nc4ccc(OCC5CC(F)(F)C5)c(Cl)c4F)c3n2)C1. The molecule has 8 nitrogen and oxygen atoms in total. The molecule has 37 heavy (non-hydrogen) atoms. The maximum absolute atomic E-state index is 15.1. The van der Waals surface area contributed by atoms with Crippen LogP contribution in [0.3, 0.4) is 0 Å². The molecule has 2 aliphatic rings. The number of carbonyl (C=O) groups excluding carboxylic acids is 1. The second-order valence-corrected chi connectivity index (χ2v) is 9.44. The number of rotatable bonds is 8. The van der Waals surface area contributed by atoms with Gasteiger partial charge in [0.2, 0.25) is 17.7 Å². The number of anilines is 2. The zero-order chi connectivity index (χ0) is 26.2. The number of nitrogens with zero attached hydrogens (tertiary/aromatic N) is 4. The third-order valence-electron chi connectivity index (χ3n) is 6.32. The maximum atomic E-state index is 15.1. The highest BCUT2D eigenvalue weighted by atomic mass is 35.5. The quantitative estimate of drug-likeness (QED) is 0.400. The number of nitrogens with one attached hydrogen (secondary N) is 1. The zero-order valence-electron chi connectivity index (χ0n) is 19.6. The first-order valence-electron chi connectivity index (χ1n) is 11.7. The van der Waals surface area contributed by atoms with E-state index in [1.165, 1.54) is 24.5 Å². The van der Waals surface area contributed by atoms with E-state index in [9.17, 15) is 13.6 Å². The number of fused-ring (bicyclic) bond motifs is 1. The predicted octanol–water partition coefficient (Wildman–Crippen LogP) is 5.15. The monoisotopic (exact) mass is 533 g/mol. The van der Waals surface area contributed by atoms with E-state index in [-0.39, 0.29) is 59.7 Å². The van der Waals surface area contributed by atoms with E-state index in [0.29, 0.717) is 36.4 Å². The molecule has 12 heteroatoms. The van der Waals surface area contributed by atoms with Crippen LogP contribution in [0.5, 0.6) is 11.6 Å². The third kappa shape index (κ3) is 5.41. The minimum atomic E-state index is -2.65. The number of hydrogen-bond donors (Lipinski definition) is 1. The number of ether oxygens (including phenoxy) is 2. The molecule has 1 aliphatic carbocycles. The van der Waals surface area contributed by atoms with Crippen molar-refractivity contribution in [1.29, 1.82) is 0 Å². The fraction of sp³-hybridized carbons (Fsp3) is 0.360. The first kappa shape index (κ1) is 25.1. The van der Waals surface area contributed by atoms with Crippen molar-refractivity contribution in [2.24, 2.45) is 5.92 Å². The van der Waals surface area contributed by atoms with Gasteiger partial charge in [0.1, 0.15) is 28.7 Å². The van der Waals surface area contributed by atoms with Crippen LogP contribution in [-0.4, -0.2) is 57.5 Å². The number of likely N-dealkylation sites (tertiary alicyclic amines) is 1. The van der Waals surface area contributed by atoms with Crippen molar-refractivity contribution >= 4 is 40.0 Å². The smallest absolute Gasteiger partial charge is 0.248 e. The van der Waals surface area contributed by atoms with Gasteiger partial charge in [-0.1, -0.05) is 18.2 Å². The third-order valence-corrected chi connectivity index (χ3v) is 6.68. The van der Waals surface area contributed by atoms with Crippen LogP contribution in [0.25, 0.3) is 11.0 Å². The molecule has 1 amide bonds. The zero-order valence-corrected chi connectivity index (χ0v) is 20.3. The van der Waals surface area contributed by atoms with E-state index in [1.54, 1.807) is 17.0 Å². The van der Waals surface area contributed by atoms with E-state index >= 15 is 4.39 Å². The first-order valence-corrected chi connectivity index (χ1v) is 12.1. The van der Waals surface area contributed by atoms with Gasteiger partial charge in [-0.2, -0.15) is 0 Å². The van der Waals surface area contributed by atoms with Gasteiger partial charge in [-0.05, 0) is 24.3 Å². The number of alkyl halides is 2. The van der Waals surface area contributed by atoms with Gasteiger partial charge >= 0.3 is 0 Å². The first-order chi connectivity index (χ1) is 17.7. The molecule has 0 spiro atoms. The van der Waals surface area contributed by atoms with Crippen LogP contribution in [0.1, 0.15) is 19.3 Å². The maximum Gasteiger partial charge on any atom is 0.248 e. The Morgan fingerprint density at radius 1 is 1.27 bits per heavy atom. The summed E-state index contributed by atoms with van der Waals surface area (Å²) in [4.78, 5) is 26.4. The average molecular weight is 534 g/mol. The Kier molecular flexibility index (Phi) is 6.80. The summed E-state index contributed by atoms with van der Waals surface area (Å²) in [6, 6.07) is 6.26. The van der Waals surface area contributed by atoms with Crippen LogP contribution in [-0.2, 0) is 4.79 Å². The van der Waals surface area contributed by atoms with Crippen molar-refractivity contribution in [3.63, 3.8) is 0 Å². The van der Waals surface area contributed by atoms with E-state index in [4.69, 9.17) is 21.1 Å². The van der Waals surface area contributed by atoms with Crippen LogP contribution in [0.2, 0.25) is 5.02 Å². The number of aromatic nitrogens is 3. The summed E-state index contributed by atoms with van der Waals surface area (Å²) in [6.07, 6.45) is 2.50. The minimum Gasteiger partial charge on any atom is -0.492 e. The molecule has 3 aromatic rings. The Balaban J connectivity index is 1.30. The molecule has 3 heterocycles. The largest absolute Gasteiger partial charge is 0.492 e. The lowest BCUT2D eigenvalue weighted by atomic mass is 9.82. The van der Waals surface area contributed by atoms with E-state index in [2.05, 4.69) is 26.8 Å². The van der Waals surface area contributed by atoms with Crippen molar-refractivity contribution in [3.8, 4) is 11.6 Å². The summed E-state index contributed by atoms with van der Waals surface area (Å²) in [5.41, 5.74) is 0.872. The van der Waals surface area contributed by atoms with Gasteiger partial charge in [0.25, 0.3) is 0 Å². The van der Waals surface area contributed by atoms with Gasteiger partial charge in [-0.3, -0.25) is 4.79 Å². The molecule has 1 saturated heterocycles. The molecule has 0 radical (unpaired) electrons. The van der Waals surface area contributed by atoms with Gasteiger partial charge in [-0.25, -0.2) is 28.1 Å². The summed E-state index contributed by atoms with van der Waals surface area (Å²) in [7, 11) is 0. The Labute approximate surface area is 215 Å². The summed E-state index contributed by atoms with van der Waals surface area (Å²) < 4.78 is 52.5. The second kappa shape index (κ2) is 10.0. The number of carbonyl (C=O) groups is 1. The summed E-state index contributed by atoms with van der Waals surface area (Å²) in [5.74, 6) is -3.27. The molecular weight excluding hydrogens is 511 g/mol. The van der Waals surface area contributed by atoms with Crippen LogP contribution in [0, 0.1) is 11.7 Å². The van der Waals surface area contributed by atoms with Gasteiger partial charge in [0, 0.05) is 37.8 Å². The van der Waals surface area contributed by atoms with Crippen molar-refractivity contribution in [3.05, 3.63) is 54.1 Å². The van der Waals surface area contributed by atoms with Gasteiger partial charge in [0.05, 0.1) is 24.4 Å². The van der Waals surface area contributed by atoms with E-state index in [0.717, 1.165) is 0 Å². The van der Waals surface area contributed by atoms with Crippen molar-refractivity contribution in [2.45, 2.75) is 31.3 Å². The lowest BCUT2D eigenvalue weighted by molar-refractivity contribution is -0.125. The molecule has 1 saturated carbocycles. The van der Waals surface area contributed by atoms with Crippen LogP contribution in [0.15, 0.2) is 43.2 Å². The normalized spacial score (nSPS) is 18.9. The summed E-state index contributed by atoms with van der Waals surface area (Å²) >= 11 is 6.16. The fourth-order valence-electron chi connectivity index (χ4n) is 4.38. The summed E-state index contributed by atoms with van der Waals surface area (Å²) in [6.45, 7) is 4.52. The molecule has 2 aromatic heterocycles. The molecule has 5 rings (SSSR count). The number of benzene rings is 1. The number of hydrogen-bond acceptors (Lipinski definition) is 7. The van der Waals surface area contributed by atoms with Crippen molar-refractivity contribution in [1.82, 2.24) is 19.9 Å². The van der Waals surface area contributed by atoms with Gasteiger partial charge in [-0.15, -0.1) is 0 Å². The van der Waals surface area contributed by atoms with E-state index in [1.807, 2.05) is 0 Å². The highest BCUT2D eigenvalue weighted by Crippen LogP contribution is 2.43. The standard InChI is InChI=1S/C25H23ClF3N5O3/c1-2-20(35)34-8-7-15(11-34)37-19-6-4-17-23(33-19)24(31-13-30-17)32-16-3-5-18(21(26)22(16)27)36-12-14-9-25(28,29)10-14/h2-6,13-15H,1,7-12H2,(H,30,31,32)/t15-/m0/s1. The number of amides is 1. The average Bonchev–Trinajstić information content (AvgIpc) is 3.33. The Hall–Kier alpha value is -3.60. The fourth-order valence-corrected chi connectivity index (χ4v) is 4.60. The highest BCUT2D eigenvalue weighted by molar-refractivity contribution is 6.32. The van der Waals surface area contributed by atoms with Gasteiger partial charge < -0.3 is 19.7 Å². The van der Waals surface area contributed by atoms with Crippen LogP contribution >= 0.6 is 11.6 Å². The molecular formula is C25H23ClF3N5O3. The lowest BCUT2D eigenvalue weighted by Gasteiger charge is -2.34. The molecule has 2 fully saturated rings. The molecule has 194 valence electrons. The topological polar surface area (TPSA) is 89.5 Å². The molecule has 0 unspecified atom stereocenters. The van der Waals surface area contributed by atoms with E-state index < -0.39 is 11.7 Å². The van der Waals surface area contributed by atoms with Crippen LogP contribution < -0.4 is 14.8 Å². The van der Waals surface area contributed by atoms with Crippen molar-refractivity contribution < 1.29 is 27.4 Å². The van der Waals surface area contributed by atoms with Crippen molar-refractivity contribution in [2.75, 3.05) is 25.0 Å². The minimum absolute atomic E-state index is 0.0232. The van der Waals surface area contributed by atoms with Crippen LogP contribution in [0.4, 0.5) is 24.7 Å². The molecule has 0 bridgehead atoms. The van der Waals surface area contributed by atoms with Gasteiger partial charge in [0.15, 0.2) is 11.6 Å². The number of halogens is 4. The lowest BCUT2D eigenvalue weighted by Crippen LogP contribution is -2.38. The molecule has 1 N–H and O–H groups in total. The number of pyridine rings is 1. The Bertz CT molecular complexity index is 1350. The molecule has 1 aliphatic heterocycles. The highest BCUT2D eigenvalue weighted by Gasteiger charge is 2.45. The predicted molar refractivity (Wildman–Crippen MR) is 131 cm³/mol. The molecule has 1 atom stereocenters. The molecule has 1 aromatic carbocycles.